The molecule has 0 aliphatic rings. The van der Waals surface area contributed by atoms with E-state index in [9.17, 15) is 56.4 Å². The minimum absolute atomic E-state index is 0. The van der Waals surface area contributed by atoms with Gasteiger partial charge in [-0.3, -0.25) is 20.2 Å². The van der Waals surface area contributed by atoms with Crippen molar-refractivity contribution in [2.24, 2.45) is 20.5 Å². The molecular weight excluding hydrogens is 910 g/mol. The molecule has 57 heavy (non-hydrogen) atoms. The van der Waals surface area contributed by atoms with Crippen molar-refractivity contribution in [1.82, 2.24) is 0 Å². The summed E-state index contributed by atoms with van der Waals surface area (Å²) in [4.78, 5) is 20.4. The summed E-state index contributed by atoms with van der Waals surface area (Å²) in [6.07, 6.45) is 0.937. The molecule has 0 aromatic heterocycles. The second kappa shape index (κ2) is 18.4. The van der Waals surface area contributed by atoms with Crippen LogP contribution >= 0.6 is 0 Å². The molecule has 6 aromatic rings. The Bertz CT molecular complexity index is 2640. The molecule has 0 radical (unpaired) electrons. The largest absolute Gasteiger partial charge is 2.00 e. The van der Waals surface area contributed by atoms with Gasteiger partial charge in [0.25, 0.3) is 11.4 Å². The number of aromatic hydroxyl groups is 2. The average molecular weight is 938 g/mol. The molecule has 0 amide bonds. The number of nitro benzene ring substituents is 2. The van der Waals surface area contributed by atoms with Crippen LogP contribution in [0.3, 0.4) is 0 Å². The molecule has 0 saturated carbocycles. The molecule has 0 spiro atoms. The molecular formula is C36H28BaN6O12S2. The first kappa shape index (κ1) is 44.5. The fourth-order valence-electron chi connectivity index (χ4n) is 5.52. The summed E-state index contributed by atoms with van der Waals surface area (Å²) >= 11 is 0. The van der Waals surface area contributed by atoms with E-state index in [0.29, 0.717) is 34.7 Å². The standard InChI is InChI=1S/2C18H15N3O6S.Ba/c2*1-2-11-4-3-5-15(21(23)24)17(11)19-20-18-14-10-13(28(25,26)27)8-6-12(14)7-9-16(18)22;/h2*3-10,22H,2H2,1H3,(H,25,26,27);/q;;+2/p-2. The van der Waals surface area contributed by atoms with E-state index in [1.807, 2.05) is 0 Å². The van der Waals surface area contributed by atoms with Crippen LogP contribution in [0.25, 0.3) is 21.5 Å². The van der Waals surface area contributed by atoms with Crippen molar-refractivity contribution in [2.45, 2.75) is 36.5 Å². The van der Waals surface area contributed by atoms with Gasteiger partial charge in [-0.05, 0) is 71.1 Å². The van der Waals surface area contributed by atoms with E-state index < -0.39 is 39.9 Å². The predicted octanol–water partition coefficient (Wildman–Crippen LogP) is 8.29. The maximum absolute atomic E-state index is 11.3. The number of phenolic OH excluding ortho intramolecular Hbond substituents is 2. The number of azo groups is 2. The molecule has 0 saturated heterocycles. The van der Waals surface area contributed by atoms with Gasteiger partial charge in [-0.25, -0.2) is 16.8 Å². The SMILES string of the molecule is CCc1cccc([N+](=O)[O-])c1N=Nc1c(O)ccc2ccc(S(=O)(=O)[O-])cc12.CCc1cccc([N+](=O)[O-])c1N=Nc1c(O)ccc2ccc(S(=O)(=O)[O-])cc12.[Ba+2]. The predicted molar refractivity (Wildman–Crippen MR) is 206 cm³/mol. The monoisotopic (exact) mass is 938 g/mol. The number of phenols is 2. The van der Waals surface area contributed by atoms with E-state index in [1.165, 1.54) is 60.7 Å². The van der Waals surface area contributed by atoms with Crippen LogP contribution in [0.15, 0.2) is 127 Å². The molecule has 0 atom stereocenters. The Balaban J connectivity index is 0.000000248. The van der Waals surface area contributed by atoms with Crippen molar-refractivity contribution in [3.63, 3.8) is 0 Å². The molecule has 6 rings (SSSR count). The van der Waals surface area contributed by atoms with Gasteiger partial charge in [0.15, 0.2) is 11.4 Å². The number of hydrogen-bond acceptors (Lipinski definition) is 16. The van der Waals surface area contributed by atoms with Gasteiger partial charge in [0.1, 0.15) is 43.1 Å². The fourth-order valence-corrected chi connectivity index (χ4v) is 6.51. The third-order valence-corrected chi connectivity index (χ3v) is 9.98. The number of nitrogens with zero attached hydrogens (tertiary/aromatic N) is 6. The van der Waals surface area contributed by atoms with E-state index in [1.54, 1.807) is 26.0 Å². The van der Waals surface area contributed by atoms with E-state index >= 15 is 0 Å². The Morgan fingerprint density at radius 2 is 0.877 bits per heavy atom. The maximum atomic E-state index is 11.3. The Labute approximate surface area is 364 Å². The molecule has 0 fully saturated rings. The summed E-state index contributed by atoms with van der Waals surface area (Å²) in [5, 5.41) is 60.1. The van der Waals surface area contributed by atoms with Gasteiger partial charge < -0.3 is 19.3 Å². The minimum atomic E-state index is -4.71. The van der Waals surface area contributed by atoms with E-state index in [2.05, 4.69) is 20.5 Å². The summed E-state index contributed by atoms with van der Waals surface area (Å²) in [6.45, 7) is 3.61. The molecule has 0 aliphatic carbocycles. The van der Waals surface area contributed by atoms with Gasteiger partial charge in [-0.1, -0.05) is 62.4 Å². The average Bonchev–Trinajstić information content (AvgIpc) is 3.15. The van der Waals surface area contributed by atoms with Gasteiger partial charge in [-0.15, -0.1) is 20.5 Å². The van der Waals surface area contributed by atoms with Crippen molar-refractivity contribution in [2.75, 3.05) is 0 Å². The molecule has 6 aromatic carbocycles. The Morgan fingerprint density at radius 1 is 0.544 bits per heavy atom. The van der Waals surface area contributed by atoms with Gasteiger partial charge >= 0.3 is 48.9 Å². The van der Waals surface area contributed by atoms with Gasteiger partial charge in [0, 0.05) is 22.9 Å². The number of aryl methyl sites for hydroxylation is 2. The first-order valence-electron chi connectivity index (χ1n) is 16.2. The van der Waals surface area contributed by atoms with Crippen LogP contribution in [0.2, 0.25) is 0 Å². The minimum Gasteiger partial charge on any atom is -0.744 e. The zero-order valence-corrected chi connectivity index (χ0v) is 35.9. The molecule has 21 heteroatoms. The zero-order valence-electron chi connectivity index (χ0n) is 29.8. The summed E-state index contributed by atoms with van der Waals surface area (Å²) in [5.74, 6) is -0.623. The molecule has 2 N–H and O–H groups in total. The van der Waals surface area contributed by atoms with Crippen LogP contribution in [0, 0.1) is 20.2 Å². The van der Waals surface area contributed by atoms with Crippen LogP contribution in [0.5, 0.6) is 11.5 Å². The molecule has 18 nitrogen and oxygen atoms in total. The van der Waals surface area contributed by atoms with Crippen LogP contribution in [0.1, 0.15) is 25.0 Å². The molecule has 0 unspecified atom stereocenters. The normalized spacial score (nSPS) is 11.7. The summed E-state index contributed by atoms with van der Waals surface area (Å²) in [7, 11) is -9.43. The second-order valence-electron chi connectivity index (χ2n) is 11.7. The smallest absolute Gasteiger partial charge is 0.744 e. The zero-order chi connectivity index (χ0) is 40.9. The third-order valence-electron chi connectivity index (χ3n) is 8.32. The van der Waals surface area contributed by atoms with Crippen molar-refractivity contribution in [1.29, 1.82) is 0 Å². The fraction of sp³-hybridized carbons (Fsp3) is 0.111. The first-order chi connectivity index (χ1) is 26.4. The Hall–Kier alpha value is -5.17. The van der Waals surface area contributed by atoms with Crippen LogP contribution in [0.4, 0.5) is 34.1 Å². The van der Waals surface area contributed by atoms with Gasteiger partial charge in [0.2, 0.25) is 0 Å². The first-order valence-corrected chi connectivity index (χ1v) is 19.1. The Morgan fingerprint density at radius 3 is 1.19 bits per heavy atom. The number of nitro groups is 2. The van der Waals surface area contributed by atoms with Crippen molar-refractivity contribution in [3.05, 3.63) is 128 Å². The van der Waals surface area contributed by atoms with Crippen molar-refractivity contribution in [3.8, 4) is 11.5 Å². The van der Waals surface area contributed by atoms with E-state index in [0.717, 1.165) is 24.3 Å². The number of hydrogen-bond donors (Lipinski definition) is 2. The molecule has 288 valence electrons. The summed E-state index contributed by atoms with van der Waals surface area (Å²) in [6, 6.07) is 22.0. The van der Waals surface area contributed by atoms with Crippen LogP contribution < -0.4 is 0 Å². The number of rotatable bonds is 10. The van der Waals surface area contributed by atoms with Crippen LogP contribution in [-0.4, -0.2) is 94.9 Å². The topological polar surface area (TPSA) is 291 Å². The van der Waals surface area contributed by atoms with E-state index in [4.69, 9.17) is 0 Å². The van der Waals surface area contributed by atoms with E-state index in [-0.39, 0.29) is 105 Å². The van der Waals surface area contributed by atoms with Gasteiger partial charge in [-0.2, -0.15) is 0 Å². The third kappa shape index (κ3) is 10.2. The Kier molecular flexibility index (Phi) is 14.4. The van der Waals surface area contributed by atoms with Gasteiger partial charge in [0.05, 0.1) is 19.6 Å². The maximum Gasteiger partial charge on any atom is 2.00 e. The summed E-state index contributed by atoms with van der Waals surface area (Å²) < 4.78 is 67.8. The second-order valence-corrected chi connectivity index (χ2v) is 14.5. The quantitative estimate of drug-likeness (QED) is 0.0431. The molecule has 0 bridgehead atoms. The number of fused-ring (bicyclic) bond motifs is 2. The van der Waals surface area contributed by atoms with Crippen LogP contribution in [-0.2, 0) is 33.1 Å². The number of benzene rings is 6. The molecule has 0 aliphatic heterocycles. The van der Waals surface area contributed by atoms with Crippen molar-refractivity contribution < 1.29 is 46.0 Å². The van der Waals surface area contributed by atoms with Crippen molar-refractivity contribution >= 4 is 125 Å². The molecule has 0 heterocycles. The summed E-state index contributed by atoms with van der Waals surface area (Å²) in [5.41, 5.74) is 0.571.